The minimum Gasteiger partial charge on any atom is -0.258 e. The van der Waals surface area contributed by atoms with Gasteiger partial charge in [0.05, 0.1) is 0 Å². The van der Waals surface area contributed by atoms with Crippen molar-refractivity contribution >= 4 is 12.6 Å². The molecule has 0 amide bonds. The SMILES string of the molecule is Fc1ccc(-c2nc(S)n[nH]2)cc1. The Hall–Kier alpha value is -1.36. The fraction of sp³-hybridized carbons (Fsp3) is 0. The van der Waals surface area contributed by atoms with Crippen molar-refractivity contribution in [2.75, 3.05) is 0 Å². The third-order valence-corrected chi connectivity index (χ3v) is 1.79. The van der Waals surface area contributed by atoms with Crippen LogP contribution in [0.4, 0.5) is 4.39 Å². The summed E-state index contributed by atoms with van der Waals surface area (Å²) in [6, 6.07) is 6.00. The maximum atomic E-state index is 12.5. The van der Waals surface area contributed by atoms with Gasteiger partial charge in [-0.3, -0.25) is 5.10 Å². The van der Waals surface area contributed by atoms with E-state index in [0.717, 1.165) is 5.56 Å². The van der Waals surface area contributed by atoms with Crippen molar-refractivity contribution in [3.63, 3.8) is 0 Å². The van der Waals surface area contributed by atoms with E-state index in [1.165, 1.54) is 12.1 Å². The Morgan fingerprint density at radius 3 is 2.46 bits per heavy atom. The van der Waals surface area contributed by atoms with Crippen LogP contribution in [0.25, 0.3) is 11.4 Å². The van der Waals surface area contributed by atoms with E-state index < -0.39 is 0 Å². The first-order valence-electron chi connectivity index (χ1n) is 3.63. The zero-order chi connectivity index (χ0) is 9.26. The van der Waals surface area contributed by atoms with Crippen LogP contribution < -0.4 is 0 Å². The van der Waals surface area contributed by atoms with Gasteiger partial charge in [-0.15, -0.1) is 17.7 Å². The van der Waals surface area contributed by atoms with E-state index in [1.807, 2.05) is 0 Å². The molecule has 13 heavy (non-hydrogen) atoms. The monoisotopic (exact) mass is 195 g/mol. The highest BCUT2D eigenvalue weighted by Crippen LogP contribution is 2.15. The van der Waals surface area contributed by atoms with Crippen molar-refractivity contribution in [2.24, 2.45) is 0 Å². The molecule has 1 N–H and O–H groups in total. The van der Waals surface area contributed by atoms with Gasteiger partial charge < -0.3 is 0 Å². The predicted molar refractivity (Wildman–Crippen MR) is 49.0 cm³/mol. The highest BCUT2D eigenvalue weighted by atomic mass is 32.1. The van der Waals surface area contributed by atoms with E-state index in [0.29, 0.717) is 11.0 Å². The molecule has 0 radical (unpaired) electrons. The summed E-state index contributed by atoms with van der Waals surface area (Å²) >= 11 is 3.95. The lowest BCUT2D eigenvalue weighted by Crippen LogP contribution is -1.80. The lowest BCUT2D eigenvalue weighted by molar-refractivity contribution is 0.628. The molecular formula is C8H6FN3S. The van der Waals surface area contributed by atoms with Crippen LogP contribution in [0.1, 0.15) is 0 Å². The van der Waals surface area contributed by atoms with Crippen LogP contribution in [0.15, 0.2) is 29.4 Å². The van der Waals surface area contributed by atoms with Crippen LogP contribution in [0, 0.1) is 5.82 Å². The van der Waals surface area contributed by atoms with Gasteiger partial charge in [0.15, 0.2) is 5.82 Å². The number of nitrogens with one attached hydrogen (secondary N) is 1. The molecule has 0 aliphatic carbocycles. The molecule has 2 rings (SSSR count). The van der Waals surface area contributed by atoms with Gasteiger partial charge >= 0.3 is 0 Å². The smallest absolute Gasteiger partial charge is 0.205 e. The second-order valence-electron chi connectivity index (χ2n) is 2.49. The number of aromatic nitrogens is 3. The van der Waals surface area contributed by atoms with Crippen molar-refractivity contribution in [3.05, 3.63) is 30.1 Å². The Morgan fingerprint density at radius 1 is 1.23 bits per heavy atom. The second-order valence-corrected chi connectivity index (χ2v) is 2.89. The van der Waals surface area contributed by atoms with Crippen LogP contribution in [0.5, 0.6) is 0 Å². The maximum absolute atomic E-state index is 12.5. The van der Waals surface area contributed by atoms with Gasteiger partial charge in [0.2, 0.25) is 5.16 Å². The molecule has 1 aromatic heterocycles. The molecule has 0 fully saturated rings. The van der Waals surface area contributed by atoms with Gasteiger partial charge in [-0.1, -0.05) is 0 Å². The fourth-order valence-electron chi connectivity index (χ4n) is 0.990. The van der Waals surface area contributed by atoms with E-state index in [-0.39, 0.29) is 5.82 Å². The number of hydrogen-bond donors (Lipinski definition) is 2. The molecule has 3 nitrogen and oxygen atoms in total. The molecule has 2 aromatic rings. The number of H-pyrrole nitrogens is 1. The molecule has 5 heteroatoms. The number of nitrogens with zero attached hydrogens (tertiary/aromatic N) is 2. The molecule has 1 aromatic carbocycles. The van der Waals surface area contributed by atoms with E-state index in [1.54, 1.807) is 12.1 Å². The molecule has 0 atom stereocenters. The van der Waals surface area contributed by atoms with Crippen LogP contribution in [0.2, 0.25) is 0 Å². The molecule has 0 bridgehead atoms. The number of hydrogen-bond acceptors (Lipinski definition) is 3. The third-order valence-electron chi connectivity index (χ3n) is 1.59. The first-order valence-corrected chi connectivity index (χ1v) is 4.08. The normalized spacial score (nSPS) is 10.3. The summed E-state index contributed by atoms with van der Waals surface area (Å²) in [5, 5.41) is 6.81. The summed E-state index contributed by atoms with van der Waals surface area (Å²) in [7, 11) is 0. The number of halogens is 1. The lowest BCUT2D eigenvalue weighted by atomic mass is 10.2. The number of rotatable bonds is 1. The molecule has 0 aliphatic rings. The first-order chi connectivity index (χ1) is 6.25. The average molecular weight is 195 g/mol. The van der Waals surface area contributed by atoms with Crippen molar-refractivity contribution in [3.8, 4) is 11.4 Å². The summed E-state index contributed by atoms with van der Waals surface area (Å²) in [4.78, 5) is 3.99. The Labute approximate surface area is 79.4 Å². The fourth-order valence-corrected chi connectivity index (χ4v) is 1.14. The minimum atomic E-state index is -0.269. The van der Waals surface area contributed by atoms with Crippen molar-refractivity contribution in [1.82, 2.24) is 15.2 Å². The Kier molecular flexibility index (Phi) is 2.02. The highest BCUT2D eigenvalue weighted by Gasteiger charge is 2.02. The highest BCUT2D eigenvalue weighted by molar-refractivity contribution is 7.80. The van der Waals surface area contributed by atoms with E-state index >= 15 is 0 Å². The largest absolute Gasteiger partial charge is 0.258 e. The topological polar surface area (TPSA) is 41.6 Å². The summed E-state index contributed by atoms with van der Waals surface area (Å²) in [6.45, 7) is 0. The summed E-state index contributed by atoms with van der Waals surface area (Å²) < 4.78 is 12.5. The zero-order valence-electron chi connectivity index (χ0n) is 6.53. The van der Waals surface area contributed by atoms with Crippen molar-refractivity contribution in [2.45, 2.75) is 5.16 Å². The van der Waals surface area contributed by atoms with Crippen LogP contribution in [0.3, 0.4) is 0 Å². The first kappa shape index (κ1) is 8.25. The van der Waals surface area contributed by atoms with Gasteiger partial charge in [-0.05, 0) is 24.3 Å². The second kappa shape index (κ2) is 3.18. The van der Waals surface area contributed by atoms with Crippen LogP contribution in [-0.4, -0.2) is 15.2 Å². The van der Waals surface area contributed by atoms with Gasteiger partial charge in [0, 0.05) is 5.56 Å². The lowest BCUT2D eigenvalue weighted by Gasteiger charge is -1.93. The molecular weight excluding hydrogens is 189 g/mol. The molecule has 0 spiro atoms. The number of thiol groups is 1. The maximum Gasteiger partial charge on any atom is 0.205 e. The molecule has 0 aliphatic heterocycles. The van der Waals surface area contributed by atoms with Crippen molar-refractivity contribution in [1.29, 1.82) is 0 Å². The van der Waals surface area contributed by atoms with Gasteiger partial charge in [-0.2, -0.15) is 0 Å². The number of benzene rings is 1. The summed E-state index contributed by atoms with van der Waals surface area (Å²) in [6.07, 6.45) is 0. The Bertz CT molecular complexity index is 410. The molecule has 0 saturated heterocycles. The Balaban J connectivity index is 2.41. The predicted octanol–water partition coefficient (Wildman–Crippen LogP) is 1.90. The summed E-state index contributed by atoms with van der Waals surface area (Å²) in [5.41, 5.74) is 0.786. The number of aromatic amines is 1. The van der Waals surface area contributed by atoms with Gasteiger partial charge in [-0.25, -0.2) is 9.37 Å². The molecule has 66 valence electrons. The van der Waals surface area contributed by atoms with E-state index in [4.69, 9.17) is 0 Å². The van der Waals surface area contributed by atoms with E-state index in [9.17, 15) is 4.39 Å². The van der Waals surface area contributed by atoms with Crippen LogP contribution in [-0.2, 0) is 0 Å². The standard InChI is InChI=1S/C8H6FN3S/c9-6-3-1-5(2-4-6)7-10-8(13)12-11-7/h1-4H,(H2,10,11,12,13). The molecule has 0 saturated carbocycles. The Morgan fingerprint density at radius 2 is 1.92 bits per heavy atom. The molecule has 0 unspecified atom stereocenters. The average Bonchev–Trinajstić information content (AvgIpc) is 2.53. The van der Waals surface area contributed by atoms with Crippen LogP contribution >= 0.6 is 12.6 Å². The van der Waals surface area contributed by atoms with E-state index in [2.05, 4.69) is 27.8 Å². The van der Waals surface area contributed by atoms with Crippen molar-refractivity contribution < 1.29 is 4.39 Å². The third kappa shape index (κ3) is 1.70. The van der Waals surface area contributed by atoms with Gasteiger partial charge in [0.1, 0.15) is 5.82 Å². The minimum absolute atomic E-state index is 0.269. The quantitative estimate of drug-likeness (QED) is 0.682. The zero-order valence-corrected chi connectivity index (χ0v) is 7.42. The summed E-state index contributed by atoms with van der Waals surface area (Å²) in [5.74, 6) is 0.319. The van der Waals surface area contributed by atoms with Gasteiger partial charge in [0.25, 0.3) is 0 Å². The molecule has 1 heterocycles.